The lowest BCUT2D eigenvalue weighted by atomic mass is 10.1. The average molecular weight is 472 g/mol. The van der Waals surface area contributed by atoms with Gasteiger partial charge in [-0.1, -0.05) is 78.8 Å². The van der Waals surface area contributed by atoms with Crippen molar-refractivity contribution in [1.82, 2.24) is 15.6 Å². The standard InChI is InChI=1S/C11H12N2.C7H6O2.C4H9NO.3C2H6/c1-2-4-10-8(3-1)9-5-6-12-7-11(9)13-10;1-2-4-7-6(3-1)8-5-9-7;1-2-3-5-4-6;3*1-2/h1-4,12-13H,5-7H2;1-4H,5H2;4H,2-3H2,1H3,(H,5,6);3*1-2H3. The van der Waals surface area contributed by atoms with Crippen LogP contribution in [0.25, 0.3) is 10.9 Å². The number of carbonyl (C=O) groups excluding carboxylic acids is 1. The van der Waals surface area contributed by atoms with E-state index in [1.54, 1.807) is 0 Å². The van der Waals surface area contributed by atoms with Crippen LogP contribution in [0, 0.1) is 0 Å². The predicted octanol–water partition coefficient (Wildman–Crippen LogP) is 6.45. The van der Waals surface area contributed by atoms with Gasteiger partial charge in [0.2, 0.25) is 13.2 Å². The molecule has 1 aromatic heterocycles. The Kier molecular flexibility index (Phi) is 18.8. The number of H-pyrrole nitrogens is 1. The monoisotopic (exact) mass is 471 g/mol. The summed E-state index contributed by atoms with van der Waals surface area (Å²) in [6.45, 7) is 17.3. The number of fused-ring (bicyclic) bond motifs is 4. The van der Waals surface area contributed by atoms with Crippen LogP contribution in [0.15, 0.2) is 48.5 Å². The maximum Gasteiger partial charge on any atom is 0.231 e. The van der Waals surface area contributed by atoms with Crippen LogP contribution >= 0.6 is 0 Å². The van der Waals surface area contributed by atoms with Crippen molar-refractivity contribution in [2.45, 2.75) is 67.9 Å². The lowest BCUT2D eigenvalue weighted by molar-refractivity contribution is -0.109. The molecule has 0 saturated heterocycles. The van der Waals surface area contributed by atoms with Crippen molar-refractivity contribution < 1.29 is 14.3 Å². The highest BCUT2D eigenvalue weighted by atomic mass is 16.7. The van der Waals surface area contributed by atoms with E-state index >= 15 is 0 Å². The summed E-state index contributed by atoms with van der Waals surface area (Å²) in [6.07, 6.45) is 2.88. The molecule has 0 saturated carbocycles. The number of carbonyl (C=O) groups is 1. The van der Waals surface area contributed by atoms with Crippen molar-refractivity contribution in [3.05, 3.63) is 59.8 Å². The molecule has 0 aliphatic carbocycles. The largest absolute Gasteiger partial charge is 0.454 e. The molecular formula is C28H45N3O3. The Bertz CT molecular complexity index is 870. The van der Waals surface area contributed by atoms with Crippen LogP contribution in [0.4, 0.5) is 0 Å². The van der Waals surface area contributed by atoms with E-state index in [9.17, 15) is 4.79 Å². The Morgan fingerprint density at radius 1 is 0.912 bits per heavy atom. The molecule has 5 rings (SSSR count). The van der Waals surface area contributed by atoms with E-state index in [-0.39, 0.29) is 0 Å². The molecule has 6 nitrogen and oxygen atoms in total. The SMILES string of the molecule is CC.CC.CC.CCCNC=O.c1ccc2c(c1)OCO2.c1ccc2c3c([nH]c2c1)CNCC3. The second-order valence-corrected chi connectivity index (χ2v) is 6.48. The molecule has 34 heavy (non-hydrogen) atoms. The number of hydrogen-bond donors (Lipinski definition) is 3. The summed E-state index contributed by atoms with van der Waals surface area (Å²) >= 11 is 0. The molecular weight excluding hydrogens is 426 g/mol. The first-order chi connectivity index (χ1) is 16.8. The van der Waals surface area contributed by atoms with Gasteiger partial charge < -0.3 is 25.1 Å². The van der Waals surface area contributed by atoms with Gasteiger partial charge in [0.15, 0.2) is 11.5 Å². The van der Waals surface area contributed by atoms with E-state index in [2.05, 4.69) is 39.9 Å². The fraction of sp³-hybridized carbons (Fsp3) is 0.464. The van der Waals surface area contributed by atoms with Crippen LogP contribution in [0.1, 0.15) is 66.1 Å². The van der Waals surface area contributed by atoms with E-state index in [1.165, 1.54) is 22.2 Å². The summed E-state index contributed by atoms with van der Waals surface area (Å²) in [7, 11) is 0. The molecule has 3 heterocycles. The van der Waals surface area contributed by atoms with E-state index in [1.807, 2.05) is 72.7 Å². The van der Waals surface area contributed by atoms with Crippen molar-refractivity contribution in [3.63, 3.8) is 0 Å². The number of rotatable bonds is 3. The maximum absolute atomic E-state index is 9.45. The summed E-state index contributed by atoms with van der Waals surface area (Å²) in [4.78, 5) is 12.9. The van der Waals surface area contributed by atoms with Crippen LogP contribution < -0.4 is 20.1 Å². The Hall–Kier alpha value is -2.99. The van der Waals surface area contributed by atoms with Crippen molar-refractivity contribution in [2.24, 2.45) is 0 Å². The Morgan fingerprint density at radius 2 is 1.50 bits per heavy atom. The zero-order valence-corrected chi connectivity index (χ0v) is 22.2. The molecule has 2 aliphatic rings. The number of hydrogen-bond acceptors (Lipinski definition) is 4. The molecule has 0 bridgehead atoms. The summed E-state index contributed by atoms with van der Waals surface area (Å²) in [6, 6.07) is 16.2. The third-order valence-corrected chi connectivity index (χ3v) is 4.51. The molecule has 2 aromatic carbocycles. The summed E-state index contributed by atoms with van der Waals surface area (Å²) in [5.74, 6) is 1.69. The van der Waals surface area contributed by atoms with Crippen LogP contribution in [0.5, 0.6) is 11.5 Å². The number of nitrogens with one attached hydrogen (secondary N) is 3. The average Bonchev–Trinajstić information content (AvgIpc) is 3.56. The molecule has 0 fully saturated rings. The van der Waals surface area contributed by atoms with Gasteiger partial charge in [0, 0.05) is 29.7 Å². The molecule has 0 radical (unpaired) electrons. The number of aromatic amines is 1. The van der Waals surface area contributed by atoms with Crippen LogP contribution in [-0.2, 0) is 17.8 Å². The molecule has 1 amide bonds. The van der Waals surface area contributed by atoms with E-state index < -0.39 is 0 Å². The summed E-state index contributed by atoms with van der Waals surface area (Å²) in [5, 5.41) is 7.29. The van der Waals surface area contributed by atoms with Gasteiger partial charge in [-0.3, -0.25) is 4.79 Å². The topological polar surface area (TPSA) is 75.4 Å². The van der Waals surface area contributed by atoms with Crippen molar-refractivity contribution in [2.75, 3.05) is 19.9 Å². The van der Waals surface area contributed by atoms with Gasteiger partial charge in [0.1, 0.15) is 0 Å². The van der Waals surface area contributed by atoms with Crippen molar-refractivity contribution in [1.29, 1.82) is 0 Å². The maximum atomic E-state index is 9.45. The number of para-hydroxylation sites is 3. The van der Waals surface area contributed by atoms with E-state index in [0.29, 0.717) is 13.2 Å². The minimum absolute atomic E-state index is 0.360. The first-order valence-corrected chi connectivity index (χ1v) is 12.6. The second-order valence-electron chi connectivity index (χ2n) is 6.48. The molecule has 6 heteroatoms. The van der Waals surface area contributed by atoms with Crippen LogP contribution in [-0.4, -0.2) is 31.3 Å². The van der Waals surface area contributed by atoms with Gasteiger partial charge in [-0.05, 0) is 43.1 Å². The van der Waals surface area contributed by atoms with Gasteiger partial charge in [-0.15, -0.1) is 0 Å². The normalized spacial score (nSPS) is 11.6. The molecule has 3 N–H and O–H groups in total. The fourth-order valence-corrected chi connectivity index (χ4v) is 3.17. The Morgan fingerprint density at radius 3 is 2.06 bits per heavy atom. The first kappa shape index (κ1) is 31.0. The second kappa shape index (κ2) is 20.6. The number of aromatic nitrogens is 1. The summed E-state index contributed by atoms with van der Waals surface area (Å²) in [5.41, 5.74) is 4.15. The summed E-state index contributed by atoms with van der Waals surface area (Å²) < 4.78 is 10.2. The highest BCUT2D eigenvalue weighted by molar-refractivity contribution is 5.84. The van der Waals surface area contributed by atoms with Gasteiger partial charge in [-0.2, -0.15) is 0 Å². The zero-order valence-electron chi connectivity index (χ0n) is 22.2. The Balaban J connectivity index is 0.000000458. The quantitative estimate of drug-likeness (QED) is 0.303. The zero-order chi connectivity index (χ0) is 25.6. The van der Waals surface area contributed by atoms with Gasteiger partial charge in [0.25, 0.3) is 0 Å². The van der Waals surface area contributed by atoms with E-state index in [4.69, 9.17) is 9.47 Å². The molecule has 0 spiro atoms. The van der Waals surface area contributed by atoms with Crippen molar-refractivity contribution >= 4 is 17.3 Å². The van der Waals surface area contributed by atoms with E-state index in [0.717, 1.165) is 44.0 Å². The molecule has 190 valence electrons. The minimum atomic E-state index is 0.360. The van der Waals surface area contributed by atoms with Crippen LogP contribution in [0.2, 0.25) is 0 Å². The smallest absolute Gasteiger partial charge is 0.231 e. The predicted molar refractivity (Wildman–Crippen MR) is 145 cm³/mol. The highest BCUT2D eigenvalue weighted by Gasteiger charge is 2.13. The number of benzene rings is 2. The molecule has 0 atom stereocenters. The van der Waals surface area contributed by atoms with Gasteiger partial charge >= 0.3 is 0 Å². The number of amides is 1. The lowest BCUT2D eigenvalue weighted by Gasteiger charge is -2.12. The van der Waals surface area contributed by atoms with Crippen LogP contribution in [0.3, 0.4) is 0 Å². The Labute approximate surface area is 206 Å². The molecule has 3 aromatic rings. The highest BCUT2D eigenvalue weighted by Crippen LogP contribution is 2.30. The molecule has 0 unspecified atom stereocenters. The third kappa shape index (κ3) is 10.3. The number of ether oxygens (including phenoxy) is 2. The fourth-order valence-electron chi connectivity index (χ4n) is 3.17. The lowest BCUT2D eigenvalue weighted by Crippen LogP contribution is -2.22. The first-order valence-electron chi connectivity index (χ1n) is 12.6. The van der Waals surface area contributed by atoms with Gasteiger partial charge in [-0.25, -0.2) is 0 Å². The third-order valence-electron chi connectivity index (χ3n) is 4.51. The van der Waals surface area contributed by atoms with Crippen molar-refractivity contribution in [3.8, 4) is 11.5 Å². The minimum Gasteiger partial charge on any atom is -0.454 e. The molecule has 2 aliphatic heterocycles. The van der Waals surface area contributed by atoms with Gasteiger partial charge in [0.05, 0.1) is 0 Å².